The van der Waals surface area contributed by atoms with Crippen LogP contribution in [-0.4, -0.2) is 25.2 Å². The zero-order valence-electron chi connectivity index (χ0n) is 6.22. The molecule has 2 N–H and O–H groups in total. The minimum absolute atomic E-state index is 0.346. The highest BCUT2D eigenvalue weighted by atomic mass is 15.1. The normalized spacial score (nSPS) is 33.2. The monoisotopic (exact) mass is 139 g/mol. The van der Waals surface area contributed by atoms with E-state index in [4.69, 9.17) is 5.26 Å². The van der Waals surface area contributed by atoms with Gasteiger partial charge in [-0.15, -0.1) is 0 Å². The quantitative estimate of drug-likeness (QED) is 0.531. The largest absolute Gasteiger partial charge is 0.311 e. The van der Waals surface area contributed by atoms with Gasteiger partial charge in [0.25, 0.3) is 0 Å². The molecule has 1 aliphatic rings. The van der Waals surface area contributed by atoms with Gasteiger partial charge in [0.15, 0.2) is 0 Å². The van der Waals surface area contributed by atoms with Crippen molar-refractivity contribution in [1.29, 1.82) is 5.26 Å². The molecule has 1 saturated heterocycles. The lowest BCUT2D eigenvalue weighted by atomic mass is 10.1. The molecule has 1 rings (SSSR count). The summed E-state index contributed by atoms with van der Waals surface area (Å²) in [7, 11) is 0. The van der Waals surface area contributed by atoms with Gasteiger partial charge in [0.2, 0.25) is 0 Å². The number of nitriles is 1. The summed E-state index contributed by atoms with van der Waals surface area (Å²) in [6.07, 6.45) is 0.605. The van der Waals surface area contributed by atoms with Gasteiger partial charge in [-0.25, -0.2) is 0 Å². The molecule has 0 aromatic heterocycles. The highest BCUT2D eigenvalue weighted by Gasteiger charge is 2.18. The Kier molecular flexibility index (Phi) is 2.67. The Bertz CT molecular complexity index is 138. The van der Waals surface area contributed by atoms with E-state index in [1.165, 1.54) is 0 Å². The maximum Gasteiger partial charge on any atom is 0.0638 e. The lowest BCUT2D eigenvalue weighted by molar-refractivity contribution is 0.342. The molecular formula is C7H13N3. The smallest absolute Gasteiger partial charge is 0.0638 e. The average molecular weight is 139 g/mol. The molecule has 10 heavy (non-hydrogen) atoms. The molecule has 1 heterocycles. The van der Waals surface area contributed by atoms with Crippen LogP contribution in [-0.2, 0) is 0 Å². The molecule has 1 aliphatic heterocycles. The maximum absolute atomic E-state index is 8.42. The SMILES string of the molecule is CC1NCCNC1CC#N. The third-order valence-electron chi connectivity index (χ3n) is 1.91. The molecule has 1 fully saturated rings. The first-order valence-corrected chi connectivity index (χ1v) is 3.68. The van der Waals surface area contributed by atoms with E-state index in [0.717, 1.165) is 13.1 Å². The van der Waals surface area contributed by atoms with E-state index in [1.54, 1.807) is 0 Å². The van der Waals surface area contributed by atoms with Crippen LogP contribution in [0.2, 0.25) is 0 Å². The van der Waals surface area contributed by atoms with Crippen molar-refractivity contribution in [3.63, 3.8) is 0 Å². The Morgan fingerprint density at radius 1 is 1.50 bits per heavy atom. The average Bonchev–Trinajstić information content (AvgIpc) is 1.94. The van der Waals surface area contributed by atoms with E-state index in [-0.39, 0.29) is 0 Å². The van der Waals surface area contributed by atoms with Crippen molar-refractivity contribution in [1.82, 2.24) is 10.6 Å². The number of nitrogens with zero attached hydrogens (tertiary/aromatic N) is 1. The van der Waals surface area contributed by atoms with Crippen LogP contribution < -0.4 is 10.6 Å². The summed E-state index contributed by atoms with van der Waals surface area (Å²) < 4.78 is 0. The van der Waals surface area contributed by atoms with Crippen LogP contribution in [0.3, 0.4) is 0 Å². The van der Waals surface area contributed by atoms with Crippen molar-refractivity contribution < 1.29 is 0 Å². The molecular weight excluding hydrogens is 126 g/mol. The molecule has 0 aromatic carbocycles. The lowest BCUT2D eigenvalue weighted by Gasteiger charge is -2.29. The van der Waals surface area contributed by atoms with Gasteiger partial charge < -0.3 is 10.6 Å². The van der Waals surface area contributed by atoms with Crippen molar-refractivity contribution in [2.75, 3.05) is 13.1 Å². The third-order valence-corrected chi connectivity index (χ3v) is 1.91. The predicted molar refractivity (Wildman–Crippen MR) is 39.5 cm³/mol. The van der Waals surface area contributed by atoms with Crippen LogP contribution >= 0.6 is 0 Å². The van der Waals surface area contributed by atoms with Crippen LogP contribution in [0, 0.1) is 11.3 Å². The van der Waals surface area contributed by atoms with E-state index in [9.17, 15) is 0 Å². The zero-order valence-corrected chi connectivity index (χ0v) is 6.22. The topological polar surface area (TPSA) is 47.8 Å². The van der Waals surface area contributed by atoms with Crippen LogP contribution in [0.1, 0.15) is 13.3 Å². The first-order chi connectivity index (χ1) is 4.84. The van der Waals surface area contributed by atoms with Gasteiger partial charge in [-0.2, -0.15) is 5.26 Å². The summed E-state index contributed by atoms with van der Waals surface area (Å²) in [6, 6.07) is 2.95. The maximum atomic E-state index is 8.42. The van der Waals surface area contributed by atoms with Crippen LogP contribution in [0.25, 0.3) is 0 Å². The van der Waals surface area contributed by atoms with Crippen LogP contribution in [0.5, 0.6) is 0 Å². The van der Waals surface area contributed by atoms with E-state index in [0.29, 0.717) is 18.5 Å². The molecule has 0 bridgehead atoms. The Hall–Kier alpha value is -0.590. The van der Waals surface area contributed by atoms with Gasteiger partial charge in [-0.3, -0.25) is 0 Å². The van der Waals surface area contributed by atoms with Crippen LogP contribution in [0.15, 0.2) is 0 Å². The molecule has 0 aliphatic carbocycles. The molecule has 0 aromatic rings. The molecule has 2 unspecified atom stereocenters. The van der Waals surface area contributed by atoms with Gasteiger partial charge >= 0.3 is 0 Å². The fourth-order valence-electron chi connectivity index (χ4n) is 1.22. The second-order valence-corrected chi connectivity index (χ2v) is 2.67. The number of hydrogen-bond acceptors (Lipinski definition) is 3. The molecule has 3 nitrogen and oxygen atoms in total. The van der Waals surface area contributed by atoms with Gasteiger partial charge in [0, 0.05) is 25.2 Å². The highest BCUT2D eigenvalue weighted by Crippen LogP contribution is 2.00. The van der Waals surface area contributed by atoms with Gasteiger partial charge in [-0.1, -0.05) is 0 Å². The molecule has 2 atom stereocenters. The minimum Gasteiger partial charge on any atom is -0.311 e. The number of hydrogen-bond donors (Lipinski definition) is 2. The molecule has 3 heteroatoms. The lowest BCUT2D eigenvalue weighted by Crippen LogP contribution is -2.54. The van der Waals surface area contributed by atoms with Gasteiger partial charge in [-0.05, 0) is 6.92 Å². The van der Waals surface area contributed by atoms with Gasteiger partial charge in [0.05, 0.1) is 12.5 Å². The molecule has 0 saturated carbocycles. The summed E-state index contributed by atoms with van der Waals surface area (Å²) in [5.41, 5.74) is 0. The Labute approximate surface area is 61.4 Å². The molecule has 0 amide bonds. The zero-order chi connectivity index (χ0) is 7.40. The predicted octanol–water partition coefficient (Wildman–Crippen LogP) is -0.150. The van der Waals surface area contributed by atoms with Crippen molar-refractivity contribution in [2.45, 2.75) is 25.4 Å². The standard InChI is InChI=1S/C7H13N3/c1-6-7(2-3-8)10-5-4-9-6/h6-7,9-10H,2,4-5H2,1H3. The number of piperazine rings is 1. The Morgan fingerprint density at radius 2 is 2.20 bits per heavy atom. The first kappa shape index (κ1) is 7.52. The Balaban J connectivity index is 2.34. The summed E-state index contributed by atoms with van der Waals surface area (Å²) in [5, 5.41) is 15.0. The van der Waals surface area contributed by atoms with E-state index < -0.39 is 0 Å². The van der Waals surface area contributed by atoms with Crippen molar-refractivity contribution >= 4 is 0 Å². The van der Waals surface area contributed by atoms with Crippen molar-refractivity contribution in [2.24, 2.45) is 0 Å². The second-order valence-electron chi connectivity index (χ2n) is 2.67. The molecule has 56 valence electrons. The minimum atomic E-state index is 0.346. The van der Waals surface area contributed by atoms with Crippen molar-refractivity contribution in [3.8, 4) is 6.07 Å². The fourth-order valence-corrected chi connectivity index (χ4v) is 1.22. The fraction of sp³-hybridized carbons (Fsp3) is 0.857. The number of rotatable bonds is 1. The second kappa shape index (κ2) is 3.55. The van der Waals surface area contributed by atoms with E-state index in [1.807, 2.05) is 0 Å². The van der Waals surface area contributed by atoms with E-state index >= 15 is 0 Å². The van der Waals surface area contributed by atoms with E-state index in [2.05, 4.69) is 23.6 Å². The highest BCUT2D eigenvalue weighted by molar-refractivity contribution is 4.90. The van der Waals surface area contributed by atoms with Gasteiger partial charge in [0.1, 0.15) is 0 Å². The van der Waals surface area contributed by atoms with Crippen molar-refractivity contribution in [3.05, 3.63) is 0 Å². The summed E-state index contributed by atoms with van der Waals surface area (Å²) in [5.74, 6) is 0. The Morgan fingerprint density at radius 3 is 2.80 bits per heavy atom. The molecule has 0 radical (unpaired) electrons. The first-order valence-electron chi connectivity index (χ1n) is 3.68. The summed E-state index contributed by atoms with van der Waals surface area (Å²) in [6.45, 7) is 4.11. The summed E-state index contributed by atoms with van der Waals surface area (Å²) in [4.78, 5) is 0. The summed E-state index contributed by atoms with van der Waals surface area (Å²) >= 11 is 0. The molecule has 0 spiro atoms. The van der Waals surface area contributed by atoms with Crippen LogP contribution in [0.4, 0.5) is 0 Å². The third kappa shape index (κ3) is 1.69. The number of nitrogens with one attached hydrogen (secondary N) is 2.